The van der Waals surface area contributed by atoms with Crippen LogP contribution in [0.5, 0.6) is 0 Å². The molecule has 3 rings (SSSR count). The van der Waals surface area contributed by atoms with E-state index in [0.29, 0.717) is 0 Å². The van der Waals surface area contributed by atoms with E-state index in [4.69, 9.17) is 0 Å². The first-order chi connectivity index (χ1) is 11.1. The van der Waals surface area contributed by atoms with Crippen LogP contribution in [-0.2, 0) is 17.8 Å². The van der Waals surface area contributed by atoms with E-state index in [1.165, 1.54) is 12.5 Å². The van der Waals surface area contributed by atoms with Gasteiger partial charge in [0.2, 0.25) is 5.91 Å². The van der Waals surface area contributed by atoms with Gasteiger partial charge in [0.1, 0.15) is 5.82 Å². The van der Waals surface area contributed by atoms with Gasteiger partial charge < -0.3 is 9.88 Å². The van der Waals surface area contributed by atoms with Gasteiger partial charge in [0.15, 0.2) is 5.82 Å². The van der Waals surface area contributed by atoms with E-state index in [-0.39, 0.29) is 11.9 Å². The molecule has 2 aromatic heterocycles. The molecule has 0 saturated heterocycles. The average Bonchev–Trinajstić information content (AvgIpc) is 3.05. The number of nitrogens with one attached hydrogen (secondary N) is 1. The van der Waals surface area contributed by atoms with Gasteiger partial charge in [0.25, 0.3) is 0 Å². The number of carbonyl (C=O) groups is 1. The first-order valence-corrected chi connectivity index (χ1v) is 8.84. The standard InChI is InChI=1S/C16H21N5OS/c1-11(16-20-19-14-6-4-3-5-9-21(14)16)17-15(22)8-7-13-10-23-12(2)18-13/h7-8,10-11H,3-6,9H2,1-2H3,(H,17,22)/b8-7+. The van der Waals surface area contributed by atoms with E-state index in [2.05, 4.69) is 25.1 Å². The molecule has 1 unspecified atom stereocenters. The summed E-state index contributed by atoms with van der Waals surface area (Å²) in [4.78, 5) is 16.4. The summed E-state index contributed by atoms with van der Waals surface area (Å²) < 4.78 is 2.16. The number of amides is 1. The highest BCUT2D eigenvalue weighted by Crippen LogP contribution is 2.18. The molecule has 7 heteroatoms. The summed E-state index contributed by atoms with van der Waals surface area (Å²) in [6.07, 6.45) is 7.74. The van der Waals surface area contributed by atoms with Crippen LogP contribution in [0.4, 0.5) is 0 Å². The number of aryl methyl sites for hydroxylation is 2. The smallest absolute Gasteiger partial charge is 0.244 e. The number of hydrogen-bond donors (Lipinski definition) is 1. The van der Waals surface area contributed by atoms with Crippen molar-refractivity contribution in [3.05, 3.63) is 33.8 Å². The zero-order valence-corrected chi connectivity index (χ0v) is 14.3. The minimum Gasteiger partial charge on any atom is -0.343 e. The minimum absolute atomic E-state index is 0.144. The lowest BCUT2D eigenvalue weighted by molar-refractivity contribution is -0.117. The molecular formula is C16H21N5OS. The van der Waals surface area contributed by atoms with Gasteiger partial charge in [-0.15, -0.1) is 21.5 Å². The highest BCUT2D eigenvalue weighted by molar-refractivity contribution is 7.09. The van der Waals surface area contributed by atoms with Crippen molar-refractivity contribution in [1.82, 2.24) is 25.1 Å². The Hall–Kier alpha value is -2.02. The molecule has 1 atom stereocenters. The summed E-state index contributed by atoms with van der Waals surface area (Å²) in [7, 11) is 0. The topological polar surface area (TPSA) is 72.7 Å². The largest absolute Gasteiger partial charge is 0.343 e. The van der Waals surface area contributed by atoms with E-state index in [9.17, 15) is 4.79 Å². The lowest BCUT2D eigenvalue weighted by Gasteiger charge is -2.14. The summed E-state index contributed by atoms with van der Waals surface area (Å²) in [5.41, 5.74) is 0.812. The molecule has 0 aliphatic carbocycles. The number of aromatic nitrogens is 4. The lowest BCUT2D eigenvalue weighted by atomic mass is 10.2. The zero-order chi connectivity index (χ0) is 16.2. The zero-order valence-electron chi connectivity index (χ0n) is 13.5. The number of fused-ring (bicyclic) bond motifs is 1. The van der Waals surface area contributed by atoms with Crippen LogP contribution in [0.2, 0.25) is 0 Å². The van der Waals surface area contributed by atoms with Gasteiger partial charge in [-0.05, 0) is 32.8 Å². The first kappa shape index (κ1) is 15.9. The normalized spacial score (nSPS) is 16.1. The fraction of sp³-hybridized carbons (Fsp3) is 0.500. The monoisotopic (exact) mass is 331 g/mol. The second-order valence-corrected chi connectivity index (χ2v) is 6.85. The van der Waals surface area contributed by atoms with Crippen LogP contribution in [0.1, 0.15) is 54.6 Å². The number of rotatable bonds is 4. The first-order valence-electron chi connectivity index (χ1n) is 7.96. The molecule has 3 heterocycles. The van der Waals surface area contributed by atoms with Crippen LogP contribution in [0, 0.1) is 6.92 Å². The maximum Gasteiger partial charge on any atom is 0.244 e. The van der Waals surface area contributed by atoms with Gasteiger partial charge in [-0.25, -0.2) is 4.98 Å². The number of hydrogen-bond acceptors (Lipinski definition) is 5. The Morgan fingerprint density at radius 1 is 1.39 bits per heavy atom. The van der Waals surface area contributed by atoms with Crippen molar-refractivity contribution in [3.63, 3.8) is 0 Å². The molecule has 2 aromatic rings. The van der Waals surface area contributed by atoms with Crippen molar-refractivity contribution in [3.8, 4) is 0 Å². The fourth-order valence-electron chi connectivity index (χ4n) is 2.77. The third kappa shape index (κ3) is 3.85. The second kappa shape index (κ2) is 7.04. The molecule has 0 bridgehead atoms. The van der Waals surface area contributed by atoms with Gasteiger partial charge in [-0.1, -0.05) is 6.42 Å². The van der Waals surface area contributed by atoms with E-state index in [1.807, 2.05) is 19.2 Å². The van der Waals surface area contributed by atoms with E-state index < -0.39 is 0 Å². The molecule has 23 heavy (non-hydrogen) atoms. The lowest BCUT2D eigenvalue weighted by Crippen LogP contribution is -2.27. The Morgan fingerprint density at radius 3 is 3.04 bits per heavy atom. The van der Waals surface area contributed by atoms with Crippen molar-refractivity contribution < 1.29 is 4.79 Å². The molecule has 1 aliphatic heterocycles. The Kier molecular flexibility index (Phi) is 4.85. The SMILES string of the molecule is Cc1nc(/C=C/C(=O)NC(C)c2nnc3n2CCCCC3)cs1. The number of thiazole rings is 1. The van der Waals surface area contributed by atoms with Crippen molar-refractivity contribution in [2.75, 3.05) is 0 Å². The van der Waals surface area contributed by atoms with Gasteiger partial charge in [-0.2, -0.15) is 0 Å². The molecule has 1 amide bonds. The van der Waals surface area contributed by atoms with Crippen molar-refractivity contribution in [2.24, 2.45) is 0 Å². The second-order valence-electron chi connectivity index (χ2n) is 5.79. The van der Waals surface area contributed by atoms with Gasteiger partial charge in [0, 0.05) is 24.4 Å². The molecule has 0 aromatic carbocycles. The summed E-state index contributed by atoms with van der Waals surface area (Å²) in [5, 5.41) is 14.4. The average molecular weight is 331 g/mol. The number of nitrogens with zero attached hydrogens (tertiary/aromatic N) is 4. The predicted molar refractivity (Wildman–Crippen MR) is 90.0 cm³/mol. The summed E-state index contributed by atoms with van der Waals surface area (Å²) in [6, 6.07) is -0.163. The van der Waals surface area contributed by atoms with Crippen LogP contribution in [0.15, 0.2) is 11.5 Å². The van der Waals surface area contributed by atoms with Crippen LogP contribution >= 0.6 is 11.3 Å². The quantitative estimate of drug-likeness (QED) is 0.874. The Balaban J connectivity index is 1.64. The minimum atomic E-state index is -0.163. The molecule has 6 nitrogen and oxygen atoms in total. The van der Waals surface area contributed by atoms with Gasteiger partial charge >= 0.3 is 0 Å². The van der Waals surface area contributed by atoms with E-state index in [0.717, 1.165) is 48.2 Å². The maximum atomic E-state index is 12.1. The Labute approximate surface area is 139 Å². The molecule has 122 valence electrons. The van der Waals surface area contributed by atoms with Crippen LogP contribution < -0.4 is 5.32 Å². The molecule has 0 radical (unpaired) electrons. The highest BCUT2D eigenvalue weighted by atomic mass is 32.1. The third-order valence-electron chi connectivity index (χ3n) is 3.93. The third-order valence-corrected chi connectivity index (χ3v) is 4.72. The van der Waals surface area contributed by atoms with Crippen LogP contribution in [-0.4, -0.2) is 25.7 Å². The van der Waals surface area contributed by atoms with E-state index >= 15 is 0 Å². The Morgan fingerprint density at radius 2 is 2.26 bits per heavy atom. The van der Waals surface area contributed by atoms with Crippen molar-refractivity contribution >= 4 is 23.3 Å². The van der Waals surface area contributed by atoms with Crippen molar-refractivity contribution in [2.45, 2.75) is 52.1 Å². The molecule has 0 fully saturated rings. The van der Waals surface area contributed by atoms with E-state index in [1.54, 1.807) is 17.4 Å². The molecule has 1 N–H and O–H groups in total. The number of carbonyl (C=O) groups excluding carboxylic acids is 1. The van der Waals surface area contributed by atoms with Gasteiger partial charge in [-0.3, -0.25) is 4.79 Å². The summed E-state index contributed by atoms with van der Waals surface area (Å²) in [6.45, 7) is 4.83. The highest BCUT2D eigenvalue weighted by Gasteiger charge is 2.19. The fourth-order valence-corrected chi connectivity index (χ4v) is 3.35. The maximum absolute atomic E-state index is 12.1. The summed E-state index contributed by atoms with van der Waals surface area (Å²) in [5.74, 6) is 1.73. The molecule has 0 spiro atoms. The molecular weight excluding hydrogens is 310 g/mol. The molecule has 1 aliphatic rings. The molecule has 0 saturated carbocycles. The van der Waals surface area contributed by atoms with Crippen molar-refractivity contribution in [1.29, 1.82) is 0 Å². The Bertz CT molecular complexity index is 718. The van der Waals surface area contributed by atoms with Gasteiger partial charge in [0.05, 0.1) is 16.7 Å². The van der Waals surface area contributed by atoms with Crippen LogP contribution in [0.25, 0.3) is 6.08 Å². The van der Waals surface area contributed by atoms with Crippen LogP contribution in [0.3, 0.4) is 0 Å². The summed E-state index contributed by atoms with van der Waals surface area (Å²) >= 11 is 1.57. The predicted octanol–water partition coefficient (Wildman–Crippen LogP) is 2.66.